The number of benzene rings is 1. The summed E-state index contributed by atoms with van der Waals surface area (Å²) in [4.78, 5) is 17.5. The summed E-state index contributed by atoms with van der Waals surface area (Å²) < 4.78 is 6.20. The average Bonchev–Trinajstić information content (AvgIpc) is 3.14. The minimum atomic E-state index is -0.401. The van der Waals surface area contributed by atoms with E-state index in [1.54, 1.807) is 0 Å². The quantitative estimate of drug-likeness (QED) is 0.858. The van der Waals surface area contributed by atoms with Crippen molar-refractivity contribution in [2.75, 3.05) is 19.7 Å². The van der Waals surface area contributed by atoms with Crippen molar-refractivity contribution in [3.63, 3.8) is 0 Å². The van der Waals surface area contributed by atoms with Crippen molar-refractivity contribution in [3.05, 3.63) is 35.9 Å². The van der Waals surface area contributed by atoms with Gasteiger partial charge in [-0.1, -0.05) is 44.2 Å². The van der Waals surface area contributed by atoms with E-state index in [1.165, 1.54) is 5.56 Å². The van der Waals surface area contributed by atoms with Crippen LogP contribution in [0.1, 0.15) is 26.3 Å². The molecule has 1 aromatic carbocycles. The second-order valence-electron chi connectivity index (χ2n) is 7.78. The van der Waals surface area contributed by atoms with E-state index in [-0.39, 0.29) is 12.0 Å². The van der Waals surface area contributed by atoms with Gasteiger partial charge in [0.1, 0.15) is 5.72 Å². The van der Waals surface area contributed by atoms with Crippen molar-refractivity contribution in [1.82, 2.24) is 9.80 Å². The van der Waals surface area contributed by atoms with E-state index in [1.807, 2.05) is 6.07 Å². The summed E-state index contributed by atoms with van der Waals surface area (Å²) in [5.74, 6) is 1.15. The molecule has 0 aromatic heterocycles. The van der Waals surface area contributed by atoms with Crippen molar-refractivity contribution >= 4 is 5.91 Å². The summed E-state index contributed by atoms with van der Waals surface area (Å²) >= 11 is 0. The maximum absolute atomic E-state index is 13.0. The highest BCUT2D eigenvalue weighted by Gasteiger charge is 2.64. The van der Waals surface area contributed by atoms with Gasteiger partial charge in [0.15, 0.2) is 0 Å². The molecule has 3 saturated heterocycles. The van der Waals surface area contributed by atoms with E-state index >= 15 is 0 Å². The Bertz CT molecular complexity index is 603. The number of likely N-dealkylation sites (tertiary alicyclic amines) is 1. The third-order valence-electron chi connectivity index (χ3n) is 6.01. The molecule has 4 rings (SSSR count). The Hall–Kier alpha value is -1.39. The lowest BCUT2D eigenvalue weighted by atomic mass is 9.92. The second-order valence-corrected chi connectivity index (χ2v) is 7.78. The highest BCUT2D eigenvalue weighted by molar-refractivity contribution is 5.84. The molecular formula is C19H26N2O2. The van der Waals surface area contributed by atoms with E-state index in [9.17, 15) is 4.79 Å². The molecule has 124 valence electrons. The van der Waals surface area contributed by atoms with Gasteiger partial charge in [0.2, 0.25) is 5.91 Å². The van der Waals surface area contributed by atoms with Gasteiger partial charge in [-0.2, -0.15) is 0 Å². The number of carbonyl (C=O) groups is 1. The fraction of sp³-hybridized carbons (Fsp3) is 0.632. The van der Waals surface area contributed by atoms with Crippen molar-refractivity contribution in [1.29, 1.82) is 0 Å². The van der Waals surface area contributed by atoms with Crippen molar-refractivity contribution < 1.29 is 9.53 Å². The molecule has 0 unspecified atom stereocenters. The molecule has 23 heavy (non-hydrogen) atoms. The minimum absolute atomic E-state index is 0.102. The maximum Gasteiger partial charge on any atom is 0.230 e. The summed E-state index contributed by atoms with van der Waals surface area (Å²) in [6.45, 7) is 9.91. The van der Waals surface area contributed by atoms with Gasteiger partial charge < -0.3 is 9.64 Å². The molecule has 0 bridgehead atoms. The Labute approximate surface area is 138 Å². The third kappa shape index (κ3) is 2.23. The van der Waals surface area contributed by atoms with Gasteiger partial charge in [-0.3, -0.25) is 9.69 Å². The third-order valence-corrected chi connectivity index (χ3v) is 6.01. The highest BCUT2D eigenvalue weighted by Crippen LogP contribution is 2.50. The summed E-state index contributed by atoms with van der Waals surface area (Å²) in [5.41, 5.74) is 0.914. The summed E-state index contributed by atoms with van der Waals surface area (Å²) in [7, 11) is 0. The number of nitrogens with zero attached hydrogens (tertiary/aromatic N) is 2. The van der Waals surface area contributed by atoms with E-state index in [0.717, 1.165) is 19.6 Å². The van der Waals surface area contributed by atoms with Crippen LogP contribution >= 0.6 is 0 Å². The Morgan fingerprint density at radius 2 is 2.00 bits per heavy atom. The molecule has 4 heteroatoms. The van der Waals surface area contributed by atoms with Crippen LogP contribution in [0.4, 0.5) is 0 Å². The number of hydrogen-bond acceptors (Lipinski definition) is 3. The molecule has 1 aromatic rings. The standard InChI is InChI=1S/C19H26N2O2/c1-13(2)17-12-23-19(3)16-11-20(9-14-7-5-4-6-8-14)10-15(16)18(22)21(17)19/h4-8,13,15-17H,9-12H2,1-3H3/t15-,16+,17+,19+/m0/s1. The number of hydrogen-bond donors (Lipinski definition) is 0. The molecule has 4 atom stereocenters. The van der Waals surface area contributed by atoms with Gasteiger partial charge in [0.05, 0.1) is 18.6 Å². The minimum Gasteiger partial charge on any atom is -0.353 e. The van der Waals surface area contributed by atoms with Gasteiger partial charge in [-0.05, 0) is 18.4 Å². The molecule has 3 heterocycles. The zero-order valence-corrected chi connectivity index (χ0v) is 14.2. The van der Waals surface area contributed by atoms with Gasteiger partial charge in [0, 0.05) is 25.6 Å². The normalized spacial score (nSPS) is 36.8. The summed E-state index contributed by atoms with van der Waals surface area (Å²) in [6, 6.07) is 10.8. The highest BCUT2D eigenvalue weighted by atomic mass is 16.5. The van der Waals surface area contributed by atoms with Crippen molar-refractivity contribution in [3.8, 4) is 0 Å². The average molecular weight is 314 g/mol. The van der Waals surface area contributed by atoms with Crippen LogP contribution in [0.25, 0.3) is 0 Å². The molecule has 3 aliphatic rings. The fourth-order valence-corrected chi connectivity index (χ4v) is 4.71. The molecule has 0 saturated carbocycles. The first-order valence-corrected chi connectivity index (χ1v) is 8.74. The number of ether oxygens (including phenoxy) is 1. The number of fused-ring (bicyclic) bond motifs is 3. The van der Waals surface area contributed by atoms with E-state index in [0.29, 0.717) is 24.3 Å². The zero-order valence-electron chi connectivity index (χ0n) is 14.2. The summed E-state index contributed by atoms with van der Waals surface area (Å²) in [6.07, 6.45) is 0. The summed E-state index contributed by atoms with van der Waals surface area (Å²) in [5, 5.41) is 0. The smallest absolute Gasteiger partial charge is 0.230 e. The lowest BCUT2D eigenvalue weighted by molar-refractivity contribution is -0.141. The number of rotatable bonds is 3. The fourth-order valence-electron chi connectivity index (χ4n) is 4.71. The van der Waals surface area contributed by atoms with Crippen molar-refractivity contribution in [2.45, 2.75) is 39.1 Å². The zero-order chi connectivity index (χ0) is 16.2. The molecule has 0 N–H and O–H groups in total. The van der Waals surface area contributed by atoms with E-state index in [2.05, 4.69) is 54.8 Å². The molecule has 4 nitrogen and oxygen atoms in total. The van der Waals surface area contributed by atoms with E-state index in [4.69, 9.17) is 4.74 Å². The molecule has 3 aliphatic heterocycles. The van der Waals surface area contributed by atoms with Crippen LogP contribution in [0, 0.1) is 17.8 Å². The van der Waals surface area contributed by atoms with Crippen LogP contribution in [-0.2, 0) is 16.1 Å². The predicted octanol–water partition coefficient (Wildman–Crippen LogP) is 2.35. The number of carbonyl (C=O) groups excluding carboxylic acids is 1. The topological polar surface area (TPSA) is 32.8 Å². The molecule has 0 aliphatic carbocycles. The second kappa shape index (κ2) is 5.32. The van der Waals surface area contributed by atoms with Gasteiger partial charge in [0.25, 0.3) is 0 Å². The van der Waals surface area contributed by atoms with E-state index < -0.39 is 5.72 Å². The molecule has 1 amide bonds. The largest absolute Gasteiger partial charge is 0.353 e. The lowest BCUT2D eigenvalue weighted by Crippen LogP contribution is -2.49. The Morgan fingerprint density at radius 1 is 1.26 bits per heavy atom. The van der Waals surface area contributed by atoms with Crippen LogP contribution in [0.15, 0.2) is 30.3 Å². The lowest BCUT2D eigenvalue weighted by Gasteiger charge is -2.35. The van der Waals surface area contributed by atoms with Crippen LogP contribution in [0.2, 0.25) is 0 Å². The Balaban J connectivity index is 1.53. The predicted molar refractivity (Wildman–Crippen MR) is 88.5 cm³/mol. The maximum atomic E-state index is 13.0. The van der Waals surface area contributed by atoms with Crippen molar-refractivity contribution in [2.24, 2.45) is 17.8 Å². The Morgan fingerprint density at radius 3 is 2.70 bits per heavy atom. The van der Waals surface area contributed by atoms with Gasteiger partial charge in [-0.25, -0.2) is 0 Å². The SMILES string of the molecule is CC(C)[C@H]1CO[C@]2(C)[C@@H]3CN(Cc4ccccc4)C[C@@H]3C(=O)N12. The molecule has 0 radical (unpaired) electrons. The van der Waals surface area contributed by atoms with Gasteiger partial charge in [-0.15, -0.1) is 0 Å². The van der Waals surface area contributed by atoms with Crippen LogP contribution in [0.3, 0.4) is 0 Å². The molecular weight excluding hydrogens is 288 g/mol. The van der Waals surface area contributed by atoms with Crippen LogP contribution in [0.5, 0.6) is 0 Å². The first kappa shape index (κ1) is 15.2. The first-order chi connectivity index (χ1) is 11.0. The monoisotopic (exact) mass is 314 g/mol. The molecule has 0 spiro atoms. The van der Waals surface area contributed by atoms with Gasteiger partial charge >= 0.3 is 0 Å². The van der Waals surface area contributed by atoms with Crippen LogP contribution < -0.4 is 0 Å². The first-order valence-electron chi connectivity index (χ1n) is 8.74. The number of amides is 1. The molecule has 3 fully saturated rings. The van der Waals surface area contributed by atoms with Crippen LogP contribution in [-0.4, -0.2) is 47.2 Å². The Kier molecular flexibility index (Phi) is 3.50.